The first-order valence-corrected chi connectivity index (χ1v) is 4.92. The summed E-state index contributed by atoms with van der Waals surface area (Å²) in [5.41, 5.74) is -1.30. The molecule has 2 heterocycles. The van der Waals surface area contributed by atoms with Gasteiger partial charge in [0.15, 0.2) is 5.78 Å². The molecule has 4 nitrogen and oxygen atoms in total. The van der Waals surface area contributed by atoms with Crippen LogP contribution in [0.2, 0.25) is 0 Å². The molecule has 4 heteroatoms. The number of carbonyl (C=O) groups is 2. The van der Waals surface area contributed by atoms with Crippen LogP contribution < -0.4 is 0 Å². The van der Waals surface area contributed by atoms with Gasteiger partial charge in [0.05, 0.1) is 5.54 Å². The predicted octanol–water partition coefficient (Wildman–Crippen LogP) is 0.433. The van der Waals surface area contributed by atoms with Crippen LogP contribution in [0, 0.1) is 5.41 Å². The van der Waals surface area contributed by atoms with E-state index in [1.807, 2.05) is 11.9 Å². The third-order valence-corrected chi connectivity index (χ3v) is 3.63. The lowest BCUT2D eigenvalue weighted by Crippen LogP contribution is -2.76. The van der Waals surface area contributed by atoms with E-state index in [0.29, 0.717) is 0 Å². The number of ketones is 1. The normalized spacial score (nSPS) is 36.7. The number of carbonyl (C=O) groups excluding carboxylic acids is 2. The quantitative estimate of drug-likeness (QED) is 0.528. The van der Waals surface area contributed by atoms with Crippen LogP contribution in [0.15, 0.2) is 0 Å². The Balaban J connectivity index is 2.44. The summed E-state index contributed by atoms with van der Waals surface area (Å²) < 4.78 is 0. The summed E-state index contributed by atoms with van der Waals surface area (Å²) in [6, 6.07) is 0. The van der Waals surface area contributed by atoms with E-state index in [2.05, 4.69) is 0 Å². The van der Waals surface area contributed by atoms with Crippen LogP contribution in [0.1, 0.15) is 27.2 Å². The first-order chi connectivity index (χ1) is 6.32. The second kappa shape index (κ2) is 2.37. The van der Waals surface area contributed by atoms with Gasteiger partial charge >= 0.3 is 0 Å². The Kier molecular flexibility index (Phi) is 1.63. The molecule has 0 saturated carbocycles. The lowest BCUT2D eigenvalue weighted by molar-refractivity contribution is -0.212. The Morgan fingerprint density at radius 2 is 1.79 bits per heavy atom. The smallest absolute Gasteiger partial charge is 0.249 e. The van der Waals surface area contributed by atoms with E-state index in [1.54, 1.807) is 25.9 Å². The highest BCUT2D eigenvalue weighted by Crippen LogP contribution is 2.43. The van der Waals surface area contributed by atoms with Gasteiger partial charge < -0.3 is 0 Å². The summed E-state index contributed by atoms with van der Waals surface area (Å²) in [6.45, 7) is 6.16. The molecule has 0 bridgehead atoms. The number of Topliss-reactive ketones (excluding diaryl/α,β-unsaturated/α-hetero) is 1. The van der Waals surface area contributed by atoms with Gasteiger partial charge in [-0.05, 0) is 27.2 Å². The Hall–Kier alpha value is -0.900. The average Bonchev–Trinajstić information content (AvgIpc) is 2.10. The molecule has 2 aliphatic heterocycles. The van der Waals surface area contributed by atoms with Crippen molar-refractivity contribution in [1.82, 2.24) is 10.0 Å². The van der Waals surface area contributed by atoms with Crippen LogP contribution >= 0.6 is 0 Å². The number of hydrogen-bond acceptors (Lipinski definition) is 3. The Morgan fingerprint density at radius 3 is 2.21 bits per heavy atom. The fourth-order valence-corrected chi connectivity index (χ4v) is 2.54. The second-order valence-electron chi connectivity index (χ2n) is 4.93. The van der Waals surface area contributed by atoms with Crippen molar-refractivity contribution in [2.24, 2.45) is 5.41 Å². The van der Waals surface area contributed by atoms with Crippen LogP contribution in [0.4, 0.5) is 0 Å². The van der Waals surface area contributed by atoms with Crippen LogP contribution in [0.5, 0.6) is 0 Å². The zero-order chi connectivity index (χ0) is 10.7. The van der Waals surface area contributed by atoms with E-state index in [-0.39, 0.29) is 11.7 Å². The molecule has 1 amide bonds. The molecule has 1 unspecified atom stereocenters. The summed E-state index contributed by atoms with van der Waals surface area (Å²) in [7, 11) is 1.74. The largest absolute Gasteiger partial charge is 0.296 e. The Morgan fingerprint density at radius 1 is 1.21 bits per heavy atom. The zero-order valence-corrected chi connectivity index (χ0v) is 9.13. The van der Waals surface area contributed by atoms with Gasteiger partial charge in [-0.2, -0.15) is 0 Å². The van der Waals surface area contributed by atoms with Gasteiger partial charge in [-0.1, -0.05) is 0 Å². The second-order valence-corrected chi connectivity index (χ2v) is 4.93. The predicted molar refractivity (Wildman–Crippen MR) is 51.3 cm³/mol. The van der Waals surface area contributed by atoms with Crippen molar-refractivity contribution in [1.29, 1.82) is 0 Å². The lowest BCUT2D eigenvalue weighted by Gasteiger charge is -2.59. The minimum absolute atomic E-state index is 0.0550. The van der Waals surface area contributed by atoms with Gasteiger partial charge in [-0.3, -0.25) is 14.6 Å². The molecule has 0 N–H and O–H groups in total. The maximum atomic E-state index is 12.1. The molecule has 1 atom stereocenters. The molecule has 78 valence electrons. The molecule has 2 rings (SSSR count). The van der Waals surface area contributed by atoms with E-state index in [9.17, 15) is 9.59 Å². The van der Waals surface area contributed by atoms with E-state index < -0.39 is 11.0 Å². The number of amides is 1. The summed E-state index contributed by atoms with van der Waals surface area (Å²) in [6.07, 6.45) is 0.854. The lowest BCUT2D eigenvalue weighted by atomic mass is 9.69. The summed E-state index contributed by atoms with van der Waals surface area (Å²) in [5, 5.41) is 3.47. The standard InChI is InChI=1S/C10H16N2O2/c1-9(2)7(13)10(3)5-6-12(10)11(4)8(9)14/h5-6H2,1-4H3. The van der Waals surface area contributed by atoms with Crippen molar-refractivity contribution in [2.45, 2.75) is 32.7 Å². The molecular formula is C10H16N2O2. The molecule has 2 saturated heterocycles. The molecule has 0 aromatic heterocycles. The molecule has 0 radical (unpaired) electrons. The molecule has 2 aliphatic rings. The summed E-state index contributed by atoms with van der Waals surface area (Å²) in [5.74, 6) is -0.0426. The van der Waals surface area contributed by atoms with Crippen molar-refractivity contribution in [3.05, 3.63) is 0 Å². The maximum Gasteiger partial charge on any atom is 0.249 e. The Bertz CT molecular complexity index is 324. The first-order valence-electron chi connectivity index (χ1n) is 4.92. The van der Waals surface area contributed by atoms with Gasteiger partial charge in [-0.15, -0.1) is 0 Å². The van der Waals surface area contributed by atoms with Gasteiger partial charge in [0.1, 0.15) is 5.41 Å². The zero-order valence-electron chi connectivity index (χ0n) is 9.13. The van der Waals surface area contributed by atoms with Crippen LogP contribution in [-0.4, -0.2) is 40.8 Å². The van der Waals surface area contributed by atoms with Gasteiger partial charge in [0.25, 0.3) is 0 Å². The average molecular weight is 196 g/mol. The molecular weight excluding hydrogens is 180 g/mol. The van der Waals surface area contributed by atoms with E-state index in [1.165, 1.54) is 0 Å². The highest BCUT2D eigenvalue weighted by atomic mass is 16.2. The topological polar surface area (TPSA) is 40.6 Å². The third kappa shape index (κ3) is 0.823. The van der Waals surface area contributed by atoms with E-state index in [4.69, 9.17) is 0 Å². The number of hydrogen-bond donors (Lipinski definition) is 0. The fraction of sp³-hybridized carbons (Fsp3) is 0.800. The summed E-state index contributed by atoms with van der Waals surface area (Å²) in [4.78, 5) is 23.9. The van der Waals surface area contributed by atoms with Crippen LogP contribution in [-0.2, 0) is 9.59 Å². The summed E-state index contributed by atoms with van der Waals surface area (Å²) >= 11 is 0. The van der Waals surface area contributed by atoms with Crippen LogP contribution in [0.25, 0.3) is 0 Å². The fourth-order valence-electron chi connectivity index (χ4n) is 2.54. The van der Waals surface area contributed by atoms with Gasteiger partial charge in [-0.25, -0.2) is 5.01 Å². The number of fused-ring (bicyclic) bond motifs is 1. The maximum absolute atomic E-state index is 12.1. The highest BCUT2D eigenvalue weighted by molar-refractivity contribution is 6.11. The molecule has 0 spiro atoms. The molecule has 14 heavy (non-hydrogen) atoms. The number of rotatable bonds is 0. The minimum Gasteiger partial charge on any atom is -0.296 e. The van der Waals surface area contributed by atoms with Crippen molar-refractivity contribution in [3.63, 3.8) is 0 Å². The number of nitrogens with zero attached hydrogens (tertiary/aromatic N) is 2. The molecule has 2 fully saturated rings. The van der Waals surface area contributed by atoms with Crippen molar-refractivity contribution in [2.75, 3.05) is 13.6 Å². The number of hydrazine groups is 1. The van der Waals surface area contributed by atoms with Crippen LogP contribution in [0.3, 0.4) is 0 Å². The third-order valence-electron chi connectivity index (χ3n) is 3.63. The first kappa shape index (κ1) is 9.65. The van der Waals surface area contributed by atoms with E-state index >= 15 is 0 Å². The highest BCUT2D eigenvalue weighted by Gasteiger charge is 2.61. The van der Waals surface area contributed by atoms with Gasteiger partial charge in [0.2, 0.25) is 5.91 Å². The minimum atomic E-state index is -0.861. The molecule has 0 aliphatic carbocycles. The Labute approximate surface area is 83.8 Å². The molecule has 0 aromatic rings. The SMILES string of the molecule is CN1C(=O)C(C)(C)C(=O)C2(C)CCN12. The van der Waals surface area contributed by atoms with Gasteiger partial charge in [0, 0.05) is 13.6 Å². The van der Waals surface area contributed by atoms with Crippen molar-refractivity contribution in [3.8, 4) is 0 Å². The molecule has 0 aromatic carbocycles. The van der Waals surface area contributed by atoms with E-state index in [0.717, 1.165) is 13.0 Å². The van der Waals surface area contributed by atoms with Crippen molar-refractivity contribution < 1.29 is 9.59 Å². The van der Waals surface area contributed by atoms with Crippen molar-refractivity contribution >= 4 is 11.7 Å². The monoisotopic (exact) mass is 196 g/mol.